The summed E-state index contributed by atoms with van der Waals surface area (Å²) in [5, 5.41) is 8.01. The summed E-state index contributed by atoms with van der Waals surface area (Å²) in [6.07, 6.45) is 6.37. The van der Waals surface area contributed by atoms with Gasteiger partial charge in [-0.2, -0.15) is 10.1 Å². The van der Waals surface area contributed by atoms with Crippen molar-refractivity contribution < 1.29 is 28.6 Å². The Hall–Kier alpha value is -4.14. The zero-order valence-corrected chi connectivity index (χ0v) is 20.3. The van der Waals surface area contributed by atoms with Crippen LogP contribution in [0.15, 0.2) is 53.7 Å². The summed E-state index contributed by atoms with van der Waals surface area (Å²) in [6, 6.07) is 10.7. The highest BCUT2D eigenvalue weighted by Crippen LogP contribution is 2.52. The Kier molecular flexibility index (Phi) is 6.22. The van der Waals surface area contributed by atoms with Crippen molar-refractivity contribution in [2.24, 2.45) is 28.8 Å². The minimum atomic E-state index is -0.334. The van der Waals surface area contributed by atoms with E-state index in [2.05, 4.69) is 10.4 Å². The summed E-state index contributed by atoms with van der Waals surface area (Å²) >= 11 is 0. The molecule has 3 aliphatic rings. The lowest BCUT2D eigenvalue weighted by Gasteiger charge is -2.16. The molecule has 2 aliphatic carbocycles. The average molecular weight is 490 g/mol. The number of benzene rings is 2. The van der Waals surface area contributed by atoms with Crippen LogP contribution in [0.25, 0.3) is 0 Å². The molecule has 36 heavy (non-hydrogen) atoms. The van der Waals surface area contributed by atoms with E-state index in [1.165, 1.54) is 20.4 Å². The lowest BCUT2D eigenvalue weighted by Crippen LogP contribution is -2.28. The molecule has 1 N–H and O–H groups in total. The molecule has 186 valence electrons. The number of imide groups is 1. The lowest BCUT2D eigenvalue weighted by atomic mass is 9.85. The normalized spacial score (nSPS) is 23.9. The Morgan fingerprint density at radius 2 is 1.67 bits per heavy atom. The largest absolute Gasteiger partial charge is 0.493 e. The highest BCUT2D eigenvalue weighted by Gasteiger charge is 2.59. The predicted octanol–water partition coefficient (Wildman–Crippen LogP) is 3.17. The van der Waals surface area contributed by atoms with E-state index in [0.717, 1.165) is 17.0 Å². The summed E-state index contributed by atoms with van der Waals surface area (Å²) in [6.45, 7) is 1.64. The Morgan fingerprint density at radius 3 is 2.25 bits per heavy atom. The van der Waals surface area contributed by atoms with Crippen LogP contribution in [-0.2, 0) is 14.4 Å². The maximum atomic E-state index is 12.9. The number of ether oxygens (including phenoxy) is 3. The molecule has 0 radical (unpaired) electrons. The number of allylic oxidation sites excluding steroid dienone is 2. The van der Waals surface area contributed by atoms with E-state index in [4.69, 9.17) is 14.2 Å². The molecule has 2 aromatic rings. The number of para-hydroxylation sites is 1. The number of carbonyl (C=O) groups is 3. The van der Waals surface area contributed by atoms with Crippen molar-refractivity contribution in [3.05, 3.63) is 59.7 Å². The van der Waals surface area contributed by atoms with Gasteiger partial charge in [0.25, 0.3) is 17.7 Å². The van der Waals surface area contributed by atoms with Crippen molar-refractivity contribution in [1.82, 2.24) is 5.01 Å². The summed E-state index contributed by atoms with van der Waals surface area (Å²) in [5.74, 6) is -0.330. The van der Waals surface area contributed by atoms with Crippen molar-refractivity contribution in [1.29, 1.82) is 0 Å². The van der Waals surface area contributed by atoms with Crippen molar-refractivity contribution in [2.45, 2.75) is 13.3 Å². The Bertz CT molecular complexity index is 1230. The van der Waals surface area contributed by atoms with Gasteiger partial charge in [-0.05, 0) is 48.9 Å². The third kappa shape index (κ3) is 4.10. The highest BCUT2D eigenvalue weighted by molar-refractivity contribution is 6.06. The fourth-order valence-electron chi connectivity index (χ4n) is 5.28. The quantitative estimate of drug-likeness (QED) is 0.347. The number of nitrogens with one attached hydrogen (secondary N) is 1. The maximum Gasteiger partial charge on any atom is 0.262 e. The monoisotopic (exact) mass is 489 g/mol. The molecule has 1 saturated heterocycles. The Morgan fingerprint density at radius 1 is 1.06 bits per heavy atom. The molecule has 2 aromatic carbocycles. The van der Waals surface area contributed by atoms with Crippen molar-refractivity contribution in [3.8, 4) is 17.2 Å². The molecule has 4 unspecified atom stereocenters. The molecule has 1 saturated carbocycles. The van der Waals surface area contributed by atoms with E-state index < -0.39 is 0 Å². The number of hydrogen-bond donors (Lipinski definition) is 1. The van der Waals surface area contributed by atoms with Gasteiger partial charge in [0.1, 0.15) is 0 Å². The van der Waals surface area contributed by atoms with Crippen LogP contribution in [0.2, 0.25) is 0 Å². The van der Waals surface area contributed by atoms with Gasteiger partial charge in [-0.3, -0.25) is 14.4 Å². The first-order valence-electron chi connectivity index (χ1n) is 11.8. The maximum absolute atomic E-state index is 12.9. The number of carbonyl (C=O) groups excluding carboxylic acids is 3. The molecule has 0 spiro atoms. The number of amides is 3. The summed E-state index contributed by atoms with van der Waals surface area (Å²) in [4.78, 5) is 38.2. The third-order valence-corrected chi connectivity index (χ3v) is 7.02. The summed E-state index contributed by atoms with van der Waals surface area (Å²) in [5.41, 5.74) is 2.18. The van der Waals surface area contributed by atoms with E-state index in [9.17, 15) is 14.4 Å². The molecule has 5 rings (SSSR count). The zero-order valence-electron chi connectivity index (χ0n) is 20.3. The molecule has 2 bridgehead atoms. The molecular weight excluding hydrogens is 462 g/mol. The molecule has 3 amide bonds. The average Bonchev–Trinajstić information content (AvgIpc) is 3.56. The van der Waals surface area contributed by atoms with Crippen LogP contribution in [0.3, 0.4) is 0 Å². The predicted molar refractivity (Wildman–Crippen MR) is 132 cm³/mol. The van der Waals surface area contributed by atoms with Crippen molar-refractivity contribution in [3.63, 3.8) is 0 Å². The Balaban J connectivity index is 1.30. The first-order chi connectivity index (χ1) is 17.4. The number of hydrazone groups is 1. The van der Waals surface area contributed by atoms with E-state index in [1.807, 2.05) is 43.3 Å². The second kappa shape index (κ2) is 9.49. The van der Waals surface area contributed by atoms with Gasteiger partial charge in [-0.25, -0.2) is 0 Å². The smallest absolute Gasteiger partial charge is 0.262 e. The number of nitrogens with zero attached hydrogens (tertiary/aromatic N) is 2. The molecule has 1 heterocycles. The van der Waals surface area contributed by atoms with Crippen LogP contribution >= 0.6 is 0 Å². The van der Waals surface area contributed by atoms with Crippen molar-refractivity contribution >= 4 is 29.6 Å². The van der Waals surface area contributed by atoms with Crippen molar-refractivity contribution in [2.75, 3.05) is 26.1 Å². The molecule has 2 fully saturated rings. The standard InChI is InChI=1S/C27H27N3O6/c1-15-6-4-5-7-19(15)29-22(31)14-36-25-20(34-2)10-16(11-21(25)35-3)13-28-30-26(32)23-17-8-9-18(12-17)24(23)27(30)33/h4-11,13,17-18,23-24H,12,14H2,1-3H3,(H,29,31). The summed E-state index contributed by atoms with van der Waals surface area (Å²) in [7, 11) is 2.93. The van der Waals surface area contributed by atoms with Gasteiger partial charge in [0, 0.05) is 11.3 Å². The minimum absolute atomic E-state index is 0.122. The SMILES string of the molecule is COc1cc(C=NN2C(=O)C3C4C=CC(C4)C3C2=O)cc(OC)c1OCC(=O)Nc1ccccc1C. The fourth-order valence-corrected chi connectivity index (χ4v) is 5.28. The van der Waals surface area contributed by atoms with Gasteiger partial charge in [-0.15, -0.1) is 0 Å². The van der Waals surface area contributed by atoms with Gasteiger partial charge < -0.3 is 19.5 Å². The molecule has 4 atom stereocenters. The molecule has 0 aromatic heterocycles. The number of anilines is 1. The fraction of sp³-hybridized carbons (Fsp3) is 0.333. The second-order valence-electron chi connectivity index (χ2n) is 9.14. The highest BCUT2D eigenvalue weighted by atomic mass is 16.5. The number of methoxy groups -OCH3 is 2. The van der Waals surface area contributed by atoms with Gasteiger partial charge in [0.15, 0.2) is 18.1 Å². The number of fused-ring (bicyclic) bond motifs is 5. The first kappa shape index (κ1) is 23.6. The van der Waals surface area contributed by atoms with E-state index in [0.29, 0.717) is 22.7 Å². The van der Waals surface area contributed by atoms with Crippen LogP contribution in [-0.4, -0.2) is 49.8 Å². The van der Waals surface area contributed by atoms with Crippen LogP contribution in [0.1, 0.15) is 17.5 Å². The number of hydrogen-bond acceptors (Lipinski definition) is 7. The number of rotatable bonds is 8. The van der Waals surface area contributed by atoms with Crippen LogP contribution < -0.4 is 19.5 Å². The molecule has 9 heteroatoms. The molecule has 9 nitrogen and oxygen atoms in total. The number of aryl methyl sites for hydroxylation is 1. The van der Waals surface area contributed by atoms with E-state index in [1.54, 1.807) is 12.1 Å². The third-order valence-electron chi connectivity index (χ3n) is 7.02. The first-order valence-corrected chi connectivity index (χ1v) is 11.8. The van der Waals surface area contributed by atoms with Gasteiger partial charge in [-0.1, -0.05) is 30.4 Å². The van der Waals surface area contributed by atoms with E-state index >= 15 is 0 Å². The van der Waals surface area contributed by atoms with Gasteiger partial charge in [0.05, 0.1) is 32.3 Å². The minimum Gasteiger partial charge on any atom is -0.493 e. The zero-order chi connectivity index (χ0) is 25.4. The molecule has 1 aliphatic heterocycles. The lowest BCUT2D eigenvalue weighted by molar-refractivity contribution is -0.140. The topological polar surface area (TPSA) is 107 Å². The van der Waals surface area contributed by atoms with Gasteiger partial charge >= 0.3 is 0 Å². The Labute approximate surface area is 208 Å². The van der Waals surface area contributed by atoms with Crippen LogP contribution in [0.5, 0.6) is 17.2 Å². The molecular formula is C27H27N3O6. The van der Waals surface area contributed by atoms with Crippen LogP contribution in [0.4, 0.5) is 5.69 Å². The van der Waals surface area contributed by atoms with Crippen LogP contribution in [0, 0.1) is 30.6 Å². The van der Waals surface area contributed by atoms with E-state index in [-0.39, 0.29) is 53.7 Å². The van der Waals surface area contributed by atoms with Gasteiger partial charge in [0.2, 0.25) is 5.75 Å². The summed E-state index contributed by atoms with van der Waals surface area (Å²) < 4.78 is 16.6. The second-order valence-corrected chi connectivity index (χ2v) is 9.14.